The molecule has 0 radical (unpaired) electrons. The summed E-state index contributed by atoms with van der Waals surface area (Å²) in [5.74, 6) is -1.13. The lowest BCUT2D eigenvalue weighted by Crippen LogP contribution is -2.52. The Morgan fingerprint density at radius 3 is 2.58 bits per heavy atom. The summed E-state index contributed by atoms with van der Waals surface area (Å²) >= 11 is 0. The van der Waals surface area contributed by atoms with E-state index in [1.54, 1.807) is 36.0 Å². The van der Waals surface area contributed by atoms with Crippen LogP contribution in [0.2, 0.25) is 0 Å². The Hall–Kier alpha value is -3.59. The maximum Gasteiger partial charge on any atom is 0.253 e. The molecule has 2 aliphatic rings. The minimum atomic E-state index is -0.561. The van der Waals surface area contributed by atoms with Crippen LogP contribution in [0.4, 0.5) is 4.39 Å². The molecular formula is C31H38FN5O3. The van der Waals surface area contributed by atoms with Crippen LogP contribution in [-0.2, 0) is 4.79 Å². The van der Waals surface area contributed by atoms with Crippen molar-refractivity contribution in [2.75, 3.05) is 6.54 Å². The van der Waals surface area contributed by atoms with Crippen molar-refractivity contribution < 1.29 is 18.8 Å². The fraction of sp³-hybridized carbons (Fsp3) is 0.484. The number of rotatable bonds is 6. The Morgan fingerprint density at radius 1 is 1.12 bits per heavy atom. The number of Topliss-reactive ketones (excluding diaryl/α,β-unsaturated/α-hetero) is 1. The van der Waals surface area contributed by atoms with Crippen LogP contribution in [0.25, 0.3) is 16.6 Å². The maximum atomic E-state index is 15.5. The van der Waals surface area contributed by atoms with E-state index < -0.39 is 5.82 Å². The van der Waals surface area contributed by atoms with Gasteiger partial charge in [0.1, 0.15) is 5.82 Å². The highest BCUT2D eigenvalue weighted by molar-refractivity contribution is 6.11. The van der Waals surface area contributed by atoms with Gasteiger partial charge in [-0.25, -0.2) is 4.39 Å². The number of aromatic nitrogens is 2. The summed E-state index contributed by atoms with van der Waals surface area (Å²) < 4.78 is 17.1. The second-order valence-electron chi connectivity index (χ2n) is 11.6. The summed E-state index contributed by atoms with van der Waals surface area (Å²) in [6.07, 6.45) is 6.18. The zero-order valence-corrected chi connectivity index (χ0v) is 23.8. The largest absolute Gasteiger partial charge is 0.350 e. The van der Waals surface area contributed by atoms with Gasteiger partial charge in [-0.05, 0) is 78.5 Å². The van der Waals surface area contributed by atoms with Crippen LogP contribution in [0.1, 0.15) is 79.8 Å². The Labute approximate surface area is 234 Å². The van der Waals surface area contributed by atoms with Crippen molar-refractivity contribution in [2.24, 2.45) is 5.92 Å². The first-order chi connectivity index (χ1) is 19.1. The van der Waals surface area contributed by atoms with Crippen LogP contribution in [0, 0.1) is 18.7 Å². The zero-order chi connectivity index (χ0) is 28.7. The standard InChI is InChI=1S/C31H38FN5O3/c1-17(2)34-30(39)23-7-6-8-24(32)28(23)37-20(5)27(22-11-13-33-16-26(22)37)29(38)21-12-14-36(19(4)15-21)31(40)25-10-9-18(3)35-25/h6-8,11,13,16-19,21,25,35H,9-10,12,14-15H2,1-5H3,(H,34,39)/t18-,19-,21+,25-/m0/s1. The molecule has 4 heterocycles. The fourth-order valence-corrected chi connectivity index (χ4v) is 6.39. The number of halogens is 1. The number of ketones is 1. The molecule has 2 amide bonds. The summed E-state index contributed by atoms with van der Waals surface area (Å²) in [6.45, 7) is 10.1. The van der Waals surface area contributed by atoms with Crippen LogP contribution in [-0.4, -0.2) is 62.8 Å². The lowest BCUT2D eigenvalue weighted by molar-refractivity contribution is -0.136. The molecule has 5 rings (SSSR count). The Kier molecular flexibility index (Phi) is 7.77. The van der Waals surface area contributed by atoms with Gasteiger partial charge in [-0.3, -0.25) is 19.4 Å². The van der Waals surface area contributed by atoms with Gasteiger partial charge in [-0.1, -0.05) is 6.07 Å². The predicted molar refractivity (Wildman–Crippen MR) is 152 cm³/mol. The van der Waals surface area contributed by atoms with E-state index in [2.05, 4.69) is 22.5 Å². The van der Waals surface area contributed by atoms with Crippen molar-refractivity contribution >= 4 is 28.5 Å². The molecule has 0 unspecified atom stereocenters. The molecule has 1 aromatic carbocycles. The number of amides is 2. The molecule has 0 saturated carbocycles. The monoisotopic (exact) mass is 547 g/mol. The van der Waals surface area contributed by atoms with E-state index in [0.29, 0.717) is 47.6 Å². The highest BCUT2D eigenvalue weighted by Gasteiger charge is 2.38. The summed E-state index contributed by atoms with van der Waals surface area (Å²) in [5, 5.41) is 6.90. The van der Waals surface area contributed by atoms with Crippen LogP contribution in [0.3, 0.4) is 0 Å². The van der Waals surface area contributed by atoms with Gasteiger partial charge < -0.3 is 20.1 Å². The van der Waals surface area contributed by atoms with Crippen LogP contribution >= 0.6 is 0 Å². The van der Waals surface area contributed by atoms with E-state index in [0.717, 1.165) is 12.8 Å². The third-order valence-electron chi connectivity index (χ3n) is 8.33. The minimum absolute atomic E-state index is 0.0245. The van der Waals surface area contributed by atoms with Gasteiger partial charge in [-0.15, -0.1) is 0 Å². The number of benzene rings is 1. The quantitative estimate of drug-likeness (QED) is 0.441. The number of carbonyl (C=O) groups excluding carboxylic acids is 3. The fourth-order valence-electron chi connectivity index (χ4n) is 6.39. The normalized spacial score (nSPS) is 23.1. The van der Waals surface area contributed by atoms with Gasteiger partial charge in [-0.2, -0.15) is 0 Å². The SMILES string of the molecule is Cc1c(C(=O)[C@@H]2CCN(C(=O)[C@@H]3CC[C@H](C)N3)[C@@H](C)C2)c2ccncc2n1-c1c(F)cccc1C(=O)NC(C)C. The van der Waals surface area contributed by atoms with Crippen LogP contribution in [0.15, 0.2) is 36.7 Å². The molecular weight excluding hydrogens is 509 g/mol. The third-order valence-corrected chi connectivity index (χ3v) is 8.33. The molecule has 0 aliphatic carbocycles. The molecule has 40 heavy (non-hydrogen) atoms. The van der Waals surface area contributed by atoms with Crippen molar-refractivity contribution in [3.05, 3.63) is 59.3 Å². The molecule has 2 aliphatic heterocycles. The number of hydrogen-bond donors (Lipinski definition) is 2. The summed E-state index contributed by atoms with van der Waals surface area (Å²) in [5.41, 5.74) is 1.93. The number of fused-ring (bicyclic) bond motifs is 1. The third kappa shape index (κ3) is 5.03. The number of likely N-dealkylation sites (tertiary alicyclic amines) is 1. The van der Waals surface area contributed by atoms with Crippen LogP contribution < -0.4 is 10.6 Å². The minimum Gasteiger partial charge on any atom is -0.350 e. The van der Waals surface area contributed by atoms with E-state index in [1.807, 2.05) is 25.7 Å². The molecule has 2 saturated heterocycles. The lowest BCUT2D eigenvalue weighted by Gasteiger charge is -2.38. The predicted octanol–water partition coefficient (Wildman–Crippen LogP) is 4.56. The molecule has 8 nitrogen and oxygen atoms in total. The molecule has 212 valence electrons. The first kappa shape index (κ1) is 28.0. The summed E-state index contributed by atoms with van der Waals surface area (Å²) in [4.78, 5) is 46.5. The van der Waals surface area contributed by atoms with Gasteiger partial charge in [0, 0.05) is 53.4 Å². The van der Waals surface area contributed by atoms with Crippen molar-refractivity contribution in [1.29, 1.82) is 0 Å². The van der Waals surface area contributed by atoms with Gasteiger partial charge in [0.05, 0.1) is 29.0 Å². The van der Waals surface area contributed by atoms with Gasteiger partial charge in [0.2, 0.25) is 5.91 Å². The topological polar surface area (TPSA) is 96.3 Å². The summed E-state index contributed by atoms with van der Waals surface area (Å²) in [7, 11) is 0. The molecule has 2 aromatic heterocycles. The average Bonchev–Trinajstić information content (AvgIpc) is 3.47. The van der Waals surface area contributed by atoms with Gasteiger partial charge in [0.15, 0.2) is 5.78 Å². The zero-order valence-electron chi connectivity index (χ0n) is 23.8. The van der Waals surface area contributed by atoms with Crippen molar-refractivity contribution in [3.8, 4) is 5.69 Å². The Bertz CT molecular complexity index is 1460. The second kappa shape index (κ2) is 11.1. The molecule has 9 heteroatoms. The van der Waals surface area contributed by atoms with E-state index in [9.17, 15) is 14.4 Å². The van der Waals surface area contributed by atoms with Crippen LogP contribution in [0.5, 0.6) is 0 Å². The van der Waals surface area contributed by atoms with E-state index in [-0.39, 0.29) is 52.9 Å². The number of para-hydroxylation sites is 1. The van der Waals surface area contributed by atoms with Crippen molar-refractivity contribution in [1.82, 2.24) is 25.1 Å². The number of piperidine rings is 1. The Morgan fingerprint density at radius 2 is 1.90 bits per heavy atom. The second-order valence-corrected chi connectivity index (χ2v) is 11.6. The lowest BCUT2D eigenvalue weighted by atomic mass is 9.84. The van der Waals surface area contributed by atoms with Crippen molar-refractivity contribution in [3.63, 3.8) is 0 Å². The Balaban J connectivity index is 1.49. The van der Waals surface area contributed by atoms with Gasteiger partial charge in [0.25, 0.3) is 5.91 Å². The highest BCUT2D eigenvalue weighted by Crippen LogP contribution is 2.36. The first-order valence-electron chi connectivity index (χ1n) is 14.2. The number of pyridine rings is 1. The van der Waals surface area contributed by atoms with E-state index in [1.165, 1.54) is 12.1 Å². The molecule has 0 spiro atoms. The average molecular weight is 548 g/mol. The number of hydrogen-bond acceptors (Lipinski definition) is 5. The van der Waals surface area contributed by atoms with Crippen molar-refractivity contribution in [2.45, 2.75) is 84.5 Å². The van der Waals surface area contributed by atoms with E-state index in [4.69, 9.17) is 0 Å². The molecule has 3 aromatic rings. The number of nitrogens with one attached hydrogen (secondary N) is 2. The molecule has 2 fully saturated rings. The smallest absolute Gasteiger partial charge is 0.253 e. The number of carbonyl (C=O) groups is 3. The molecule has 4 atom stereocenters. The highest BCUT2D eigenvalue weighted by atomic mass is 19.1. The number of nitrogens with zero attached hydrogens (tertiary/aromatic N) is 3. The molecule has 2 N–H and O–H groups in total. The summed E-state index contributed by atoms with van der Waals surface area (Å²) in [6, 6.07) is 6.18. The van der Waals surface area contributed by atoms with Gasteiger partial charge >= 0.3 is 0 Å². The van der Waals surface area contributed by atoms with E-state index >= 15 is 4.39 Å². The first-order valence-corrected chi connectivity index (χ1v) is 14.2. The maximum absolute atomic E-state index is 15.5. The molecule has 0 bridgehead atoms.